The van der Waals surface area contributed by atoms with Gasteiger partial charge in [-0.05, 0) is 49.0 Å². The molecule has 0 atom stereocenters. The maximum absolute atomic E-state index is 11.4. The van der Waals surface area contributed by atoms with Crippen LogP contribution < -0.4 is 0 Å². The summed E-state index contributed by atoms with van der Waals surface area (Å²) >= 11 is 0. The van der Waals surface area contributed by atoms with Crippen molar-refractivity contribution in [2.24, 2.45) is 5.41 Å². The summed E-state index contributed by atoms with van der Waals surface area (Å²) in [5, 5.41) is 0. The Kier molecular flexibility index (Phi) is 5.40. The number of piperidine rings is 1. The van der Waals surface area contributed by atoms with Crippen LogP contribution in [-0.2, 0) is 11.3 Å². The van der Waals surface area contributed by atoms with Gasteiger partial charge < -0.3 is 4.74 Å². The standard InChI is InChI=1S/C18H27NO2/c1-4-18(5-2)10-12-19(13-11-18)14-15-6-8-16(9-7-15)17(20)21-3/h6-9H,4-5,10-14H2,1-3H3. The minimum Gasteiger partial charge on any atom is -0.465 e. The molecule has 116 valence electrons. The van der Waals surface area contributed by atoms with Crippen LogP contribution in [0.2, 0.25) is 0 Å². The van der Waals surface area contributed by atoms with E-state index in [1.807, 2.05) is 24.3 Å². The second kappa shape index (κ2) is 7.08. The van der Waals surface area contributed by atoms with Crippen molar-refractivity contribution >= 4 is 5.97 Å². The molecule has 0 aromatic heterocycles. The maximum atomic E-state index is 11.4. The Morgan fingerprint density at radius 2 is 1.71 bits per heavy atom. The number of rotatable bonds is 5. The molecule has 3 nitrogen and oxygen atoms in total. The third-order valence-corrected chi connectivity index (χ3v) is 5.20. The van der Waals surface area contributed by atoms with Crippen LogP contribution in [0.3, 0.4) is 0 Å². The Balaban J connectivity index is 1.90. The molecule has 0 bridgehead atoms. The largest absolute Gasteiger partial charge is 0.465 e. The molecule has 0 saturated carbocycles. The first kappa shape index (κ1) is 16.0. The van der Waals surface area contributed by atoms with E-state index in [0.717, 1.165) is 6.54 Å². The van der Waals surface area contributed by atoms with Crippen LogP contribution in [0.5, 0.6) is 0 Å². The van der Waals surface area contributed by atoms with Crippen LogP contribution in [0.25, 0.3) is 0 Å². The van der Waals surface area contributed by atoms with Crippen molar-refractivity contribution in [1.29, 1.82) is 0 Å². The SMILES string of the molecule is CCC1(CC)CCN(Cc2ccc(C(=O)OC)cc2)CC1. The van der Waals surface area contributed by atoms with Crippen molar-refractivity contribution in [1.82, 2.24) is 4.90 Å². The molecule has 0 amide bonds. The molecule has 0 radical (unpaired) electrons. The van der Waals surface area contributed by atoms with Gasteiger partial charge in [-0.1, -0.05) is 38.8 Å². The predicted octanol–water partition coefficient (Wildman–Crippen LogP) is 3.88. The first-order valence-electron chi connectivity index (χ1n) is 8.02. The Morgan fingerprint density at radius 3 is 2.19 bits per heavy atom. The smallest absolute Gasteiger partial charge is 0.337 e. The van der Waals surface area contributed by atoms with E-state index in [1.54, 1.807) is 0 Å². The van der Waals surface area contributed by atoms with E-state index in [-0.39, 0.29) is 5.97 Å². The summed E-state index contributed by atoms with van der Waals surface area (Å²) in [7, 11) is 1.41. The van der Waals surface area contributed by atoms with Gasteiger partial charge in [0.2, 0.25) is 0 Å². The second-order valence-electron chi connectivity index (χ2n) is 6.17. The fourth-order valence-corrected chi connectivity index (χ4v) is 3.26. The minimum absolute atomic E-state index is 0.268. The lowest BCUT2D eigenvalue weighted by atomic mass is 9.74. The van der Waals surface area contributed by atoms with Crippen molar-refractivity contribution < 1.29 is 9.53 Å². The normalized spacial score (nSPS) is 18.4. The first-order chi connectivity index (χ1) is 10.1. The second-order valence-corrected chi connectivity index (χ2v) is 6.17. The number of carbonyl (C=O) groups excluding carboxylic acids is 1. The van der Waals surface area contributed by atoms with Crippen molar-refractivity contribution in [3.8, 4) is 0 Å². The number of nitrogens with zero attached hydrogens (tertiary/aromatic N) is 1. The van der Waals surface area contributed by atoms with E-state index in [0.29, 0.717) is 11.0 Å². The van der Waals surface area contributed by atoms with Crippen LogP contribution in [0.4, 0.5) is 0 Å². The summed E-state index contributed by atoms with van der Waals surface area (Å²) < 4.78 is 4.72. The Labute approximate surface area is 128 Å². The minimum atomic E-state index is -0.268. The lowest BCUT2D eigenvalue weighted by molar-refractivity contribution is 0.0600. The average molecular weight is 289 g/mol. The number of likely N-dealkylation sites (tertiary alicyclic amines) is 1. The fourth-order valence-electron chi connectivity index (χ4n) is 3.26. The van der Waals surface area contributed by atoms with Gasteiger partial charge in [0, 0.05) is 6.54 Å². The molecule has 1 saturated heterocycles. The zero-order chi connectivity index (χ0) is 15.3. The molecular weight excluding hydrogens is 262 g/mol. The van der Waals surface area contributed by atoms with Crippen LogP contribution >= 0.6 is 0 Å². The molecule has 0 unspecified atom stereocenters. The molecule has 3 heteroatoms. The van der Waals surface area contributed by atoms with Crippen molar-refractivity contribution in [2.75, 3.05) is 20.2 Å². The molecule has 21 heavy (non-hydrogen) atoms. The van der Waals surface area contributed by atoms with Crippen LogP contribution in [-0.4, -0.2) is 31.1 Å². The number of hydrogen-bond donors (Lipinski definition) is 0. The highest BCUT2D eigenvalue weighted by Crippen LogP contribution is 2.38. The Morgan fingerprint density at radius 1 is 1.14 bits per heavy atom. The summed E-state index contributed by atoms with van der Waals surface area (Å²) in [6.07, 6.45) is 5.21. The third kappa shape index (κ3) is 3.85. The number of carbonyl (C=O) groups is 1. The summed E-state index contributed by atoms with van der Waals surface area (Å²) in [4.78, 5) is 13.9. The van der Waals surface area contributed by atoms with Gasteiger partial charge in [0.25, 0.3) is 0 Å². The highest BCUT2D eigenvalue weighted by molar-refractivity contribution is 5.89. The van der Waals surface area contributed by atoms with Gasteiger partial charge in [0.15, 0.2) is 0 Å². The summed E-state index contributed by atoms with van der Waals surface area (Å²) in [5.74, 6) is -0.268. The molecule has 0 aliphatic carbocycles. The molecular formula is C18H27NO2. The lowest BCUT2D eigenvalue weighted by Gasteiger charge is -2.41. The monoisotopic (exact) mass is 289 g/mol. The number of hydrogen-bond acceptors (Lipinski definition) is 3. The van der Waals surface area contributed by atoms with Crippen molar-refractivity contribution in [3.63, 3.8) is 0 Å². The number of methoxy groups -OCH3 is 1. The van der Waals surface area contributed by atoms with E-state index >= 15 is 0 Å². The lowest BCUT2D eigenvalue weighted by Crippen LogP contribution is -2.39. The highest BCUT2D eigenvalue weighted by Gasteiger charge is 2.30. The van der Waals surface area contributed by atoms with E-state index in [4.69, 9.17) is 4.74 Å². The van der Waals surface area contributed by atoms with Crippen molar-refractivity contribution in [3.05, 3.63) is 35.4 Å². The molecule has 1 aromatic carbocycles. The summed E-state index contributed by atoms with van der Waals surface area (Å²) in [6, 6.07) is 7.78. The van der Waals surface area contributed by atoms with Crippen LogP contribution in [0.15, 0.2) is 24.3 Å². The van der Waals surface area contributed by atoms with Gasteiger partial charge in [-0.15, -0.1) is 0 Å². The van der Waals surface area contributed by atoms with Gasteiger partial charge in [0.05, 0.1) is 12.7 Å². The molecule has 1 fully saturated rings. The fraction of sp³-hybridized carbons (Fsp3) is 0.611. The van der Waals surface area contributed by atoms with E-state index in [2.05, 4.69) is 18.7 Å². The topological polar surface area (TPSA) is 29.5 Å². The molecule has 0 N–H and O–H groups in total. The van der Waals surface area contributed by atoms with Gasteiger partial charge in [-0.25, -0.2) is 4.79 Å². The van der Waals surface area contributed by atoms with Gasteiger partial charge in [-0.2, -0.15) is 0 Å². The molecule has 0 spiro atoms. The zero-order valence-corrected chi connectivity index (χ0v) is 13.5. The Bertz CT molecular complexity index is 453. The number of esters is 1. The van der Waals surface area contributed by atoms with Crippen LogP contribution in [0.1, 0.15) is 55.5 Å². The summed E-state index contributed by atoms with van der Waals surface area (Å²) in [6.45, 7) is 7.99. The quantitative estimate of drug-likeness (QED) is 0.771. The molecule has 1 aliphatic rings. The number of benzene rings is 1. The molecule has 1 aromatic rings. The van der Waals surface area contributed by atoms with E-state index < -0.39 is 0 Å². The average Bonchev–Trinajstić information content (AvgIpc) is 2.56. The predicted molar refractivity (Wildman–Crippen MR) is 85.3 cm³/mol. The molecule has 1 aliphatic heterocycles. The highest BCUT2D eigenvalue weighted by atomic mass is 16.5. The van der Waals surface area contributed by atoms with Gasteiger partial charge in [-0.3, -0.25) is 4.90 Å². The zero-order valence-electron chi connectivity index (χ0n) is 13.5. The first-order valence-corrected chi connectivity index (χ1v) is 8.02. The Hall–Kier alpha value is -1.35. The van der Waals surface area contributed by atoms with Gasteiger partial charge >= 0.3 is 5.97 Å². The van der Waals surface area contributed by atoms with E-state index in [9.17, 15) is 4.79 Å². The maximum Gasteiger partial charge on any atom is 0.337 e. The third-order valence-electron chi connectivity index (χ3n) is 5.20. The summed E-state index contributed by atoms with van der Waals surface area (Å²) in [5.41, 5.74) is 2.46. The number of ether oxygens (including phenoxy) is 1. The molecule has 2 rings (SSSR count). The molecule has 1 heterocycles. The van der Waals surface area contributed by atoms with Crippen LogP contribution in [0, 0.1) is 5.41 Å². The van der Waals surface area contributed by atoms with Crippen molar-refractivity contribution in [2.45, 2.75) is 46.1 Å². The van der Waals surface area contributed by atoms with E-state index in [1.165, 1.54) is 51.4 Å². The van der Waals surface area contributed by atoms with Gasteiger partial charge in [0.1, 0.15) is 0 Å².